The van der Waals surface area contributed by atoms with E-state index in [0.717, 1.165) is 38.5 Å². The van der Waals surface area contributed by atoms with E-state index in [4.69, 9.17) is 28.4 Å². The second kappa shape index (κ2) is 33.8. The van der Waals surface area contributed by atoms with Crippen LogP contribution in [0.5, 0.6) is 0 Å². The van der Waals surface area contributed by atoms with Crippen molar-refractivity contribution in [3.8, 4) is 0 Å². The minimum atomic E-state index is -1.98. The highest BCUT2D eigenvalue weighted by Crippen LogP contribution is 2.33. The van der Waals surface area contributed by atoms with Gasteiger partial charge in [-0.15, -0.1) is 0 Å². The molecule has 0 aromatic rings. The highest BCUT2D eigenvalue weighted by atomic mass is 16.8. The maximum atomic E-state index is 12.9. The van der Waals surface area contributed by atoms with Crippen molar-refractivity contribution in [1.29, 1.82) is 0 Å². The zero-order valence-corrected chi connectivity index (χ0v) is 39.9. The number of hydrogen-bond donors (Lipinski definition) is 12. The Bertz CT molecular complexity index is 1340. The molecule has 3 fully saturated rings. The summed E-state index contributed by atoms with van der Waals surface area (Å²) in [6, 6.07) is -0.980. The SMILES string of the molecule is CCCCCCCCCCCCCC/C=C/CC/C=C/C(O)C(COC1OC(CO)C(OC2OC(CO)C(OC3OC(CO)C(O)C(O)C3O)C(O)C2O)C(O)C1O)NC(=O)CCCCCC. The summed E-state index contributed by atoms with van der Waals surface area (Å²) in [7, 11) is 0. The summed E-state index contributed by atoms with van der Waals surface area (Å²) >= 11 is 0. The molecule has 19 heteroatoms. The minimum Gasteiger partial charge on any atom is -0.394 e. The van der Waals surface area contributed by atoms with Gasteiger partial charge in [0.1, 0.15) is 73.2 Å². The first-order chi connectivity index (χ1) is 32.3. The Morgan fingerprint density at radius 2 is 0.955 bits per heavy atom. The van der Waals surface area contributed by atoms with Crippen molar-refractivity contribution in [3.63, 3.8) is 0 Å². The van der Waals surface area contributed by atoms with Gasteiger partial charge in [0.25, 0.3) is 0 Å². The lowest BCUT2D eigenvalue weighted by molar-refractivity contribution is -0.379. The summed E-state index contributed by atoms with van der Waals surface area (Å²) in [5, 5.41) is 119. The number of ether oxygens (including phenoxy) is 6. The Morgan fingerprint density at radius 3 is 1.49 bits per heavy atom. The van der Waals surface area contributed by atoms with Crippen LogP contribution in [0, 0.1) is 0 Å². The number of nitrogens with one attached hydrogen (secondary N) is 1. The van der Waals surface area contributed by atoms with E-state index in [9.17, 15) is 61.0 Å². The van der Waals surface area contributed by atoms with Crippen LogP contribution in [0.1, 0.15) is 142 Å². The van der Waals surface area contributed by atoms with E-state index in [1.807, 2.05) is 6.08 Å². The van der Waals surface area contributed by atoms with E-state index in [0.29, 0.717) is 12.8 Å². The van der Waals surface area contributed by atoms with Crippen molar-refractivity contribution in [3.05, 3.63) is 24.3 Å². The minimum absolute atomic E-state index is 0.228. The van der Waals surface area contributed by atoms with Crippen molar-refractivity contribution in [2.24, 2.45) is 0 Å². The van der Waals surface area contributed by atoms with Gasteiger partial charge in [0.2, 0.25) is 5.91 Å². The first-order valence-corrected chi connectivity index (χ1v) is 25.1. The summed E-state index contributed by atoms with van der Waals surface area (Å²) < 4.78 is 33.9. The Balaban J connectivity index is 1.52. The Hall–Kier alpha value is -1.73. The van der Waals surface area contributed by atoms with Crippen LogP contribution >= 0.6 is 0 Å². The molecule has 12 N–H and O–H groups in total. The molecule has 0 aromatic heterocycles. The van der Waals surface area contributed by atoms with Gasteiger partial charge in [0, 0.05) is 6.42 Å². The number of carbonyl (C=O) groups excluding carboxylic acids is 1. The topological polar surface area (TPSA) is 307 Å². The molecule has 1 amide bonds. The van der Waals surface area contributed by atoms with Gasteiger partial charge < -0.3 is 89.9 Å². The van der Waals surface area contributed by atoms with Crippen LogP contribution in [-0.2, 0) is 33.2 Å². The summed E-state index contributed by atoms with van der Waals surface area (Å²) in [4.78, 5) is 12.9. The second-order valence-electron chi connectivity index (χ2n) is 18.3. The fourth-order valence-electron chi connectivity index (χ4n) is 8.50. The molecule has 392 valence electrons. The third kappa shape index (κ3) is 20.1. The van der Waals surface area contributed by atoms with Crippen molar-refractivity contribution in [1.82, 2.24) is 5.32 Å². The maximum Gasteiger partial charge on any atom is 0.220 e. The maximum absolute atomic E-state index is 12.9. The quantitative estimate of drug-likeness (QED) is 0.0319. The number of rotatable bonds is 34. The molecule has 17 unspecified atom stereocenters. The largest absolute Gasteiger partial charge is 0.394 e. The summed E-state index contributed by atoms with van der Waals surface area (Å²) in [6.07, 6.45) is 2.76. The number of hydrogen-bond acceptors (Lipinski definition) is 18. The Morgan fingerprint density at radius 1 is 0.522 bits per heavy atom. The van der Waals surface area contributed by atoms with Gasteiger partial charge in [-0.2, -0.15) is 0 Å². The lowest BCUT2D eigenvalue weighted by Crippen LogP contribution is -2.66. The average Bonchev–Trinajstić information content (AvgIpc) is 3.32. The van der Waals surface area contributed by atoms with Crippen LogP contribution < -0.4 is 5.32 Å². The molecule has 0 radical (unpaired) electrons. The van der Waals surface area contributed by atoms with Crippen molar-refractivity contribution in [2.75, 3.05) is 26.4 Å². The first-order valence-electron chi connectivity index (χ1n) is 25.1. The number of aliphatic hydroxyl groups excluding tert-OH is 11. The van der Waals surface area contributed by atoms with Gasteiger partial charge in [0.15, 0.2) is 18.9 Å². The third-order valence-electron chi connectivity index (χ3n) is 12.8. The highest BCUT2D eigenvalue weighted by molar-refractivity contribution is 5.76. The molecule has 19 nitrogen and oxygen atoms in total. The van der Waals surface area contributed by atoms with Crippen molar-refractivity contribution in [2.45, 2.75) is 247 Å². The molecule has 0 spiro atoms. The molecule has 3 aliphatic heterocycles. The lowest BCUT2D eigenvalue weighted by atomic mass is 9.96. The standard InChI is InChI=1S/C48H87NO18/c1-3-5-7-9-10-11-12-13-14-15-16-17-18-19-20-21-22-23-25-32(53)31(49-36(54)26-24-8-6-4-2)30-62-46-42(60)39(57)44(34(28-51)64-46)67-48-43(61)40(58)45(35(29-52)65-48)66-47-41(59)38(56)37(55)33(27-50)63-47/h19-20,23,25,31-35,37-48,50-53,55-61H,3-18,21-22,24,26-30H2,1-2H3,(H,49,54)/b20-19+,25-23+. The fourth-order valence-corrected chi connectivity index (χ4v) is 8.50. The molecule has 0 aromatic carbocycles. The zero-order chi connectivity index (χ0) is 49.1. The van der Waals surface area contributed by atoms with Crippen LogP contribution in [0.2, 0.25) is 0 Å². The third-order valence-corrected chi connectivity index (χ3v) is 12.8. The molecular formula is C48H87NO18. The predicted molar refractivity (Wildman–Crippen MR) is 245 cm³/mol. The number of carbonyl (C=O) groups is 1. The van der Waals surface area contributed by atoms with E-state index in [1.54, 1.807) is 6.08 Å². The zero-order valence-electron chi connectivity index (χ0n) is 39.9. The Kier molecular flexibility index (Phi) is 30.0. The predicted octanol–water partition coefficient (Wildman–Crippen LogP) is 1.25. The molecule has 3 heterocycles. The summed E-state index contributed by atoms with van der Waals surface area (Å²) in [5.74, 6) is -0.306. The second-order valence-corrected chi connectivity index (χ2v) is 18.3. The van der Waals surface area contributed by atoms with Gasteiger partial charge in [-0.25, -0.2) is 0 Å². The molecule has 3 aliphatic rings. The molecular weight excluding hydrogens is 879 g/mol. The molecule has 17 atom stereocenters. The Labute approximate surface area is 397 Å². The van der Waals surface area contributed by atoms with Crippen LogP contribution in [0.15, 0.2) is 24.3 Å². The van der Waals surface area contributed by atoms with Crippen molar-refractivity contribution < 1.29 is 89.4 Å². The number of unbranched alkanes of at least 4 members (excludes halogenated alkanes) is 16. The van der Waals surface area contributed by atoms with Crippen LogP contribution in [-0.4, -0.2) is 193 Å². The average molecular weight is 966 g/mol. The molecule has 3 rings (SSSR count). The molecule has 0 saturated carbocycles. The molecule has 3 saturated heterocycles. The molecule has 0 aliphatic carbocycles. The fraction of sp³-hybridized carbons (Fsp3) is 0.896. The van der Waals surface area contributed by atoms with Gasteiger partial charge in [0.05, 0.1) is 38.6 Å². The van der Waals surface area contributed by atoms with Crippen LogP contribution in [0.4, 0.5) is 0 Å². The van der Waals surface area contributed by atoms with Crippen LogP contribution in [0.3, 0.4) is 0 Å². The van der Waals surface area contributed by atoms with E-state index in [2.05, 4.69) is 31.3 Å². The summed E-state index contributed by atoms with van der Waals surface area (Å²) in [5.41, 5.74) is 0. The lowest BCUT2D eigenvalue weighted by Gasteiger charge is -2.48. The number of amides is 1. The first kappa shape index (κ1) is 59.6. The smallest absolute Gasteiger partial charge is 0.220 e. The summed E-state index contributed by atoms with van der Waals surface area (Å²) in [6.45, 7) is 1.52. The normalized spacial score (nSPS) is 33.7. The molecule has 67 heavy (non-hydrogen) atoms. The van der Waals surface area contributed by atoms with Gasteiger partial charge in [-0.05, 0) is 32.1 Å². The van der Waals surface area contributed by atoms with Gasteiger partial charge >= 0.3 is 0 Å². The van der Waals surface area contributed by atoms with E-state index in [1.165, 1.54) is 70.6 Å². The van der Waals surface area contributed by atoms with E-state index in [-0.39, 0.29) is 18.9 Å². The van der Waals surface area contributed by atoms with Crippen molar-refractivity contribution >= 4 is 5.91 Å². The monoisotopic (exact) mass is 966 g/mol. The van der Waals surface area contributed by atoms with Crippen LogP contribution in [0.25, 0.3) is 0 Å². The highest BCUT2D eigenvalue weighted by Gasteiger charge is 2.53. The van der Waals surface area contributed by atoms with Gasteiger partial charge in [-0.3, -0.25) is 4.79 Å². The van der Waals surface area contributed by atoms with Gasteiger partial charge in [-0.1, -0.05) is 128 Å². The molecule has 0 bridgehead atoms. The number of aliphatic hydroxyl groups is 11. The van der Waals surface area contributed by atoms with E-state index >= 15 is 0 Å². The van der Waals surface area contributed by atoms with E-state index < -0.39 is 124 Å². The number of allylic oxidation sites excluding steroid dienone is 3.